The maximum atomic E-state index is 10.7. The van der Waals surface area contributed by atoms with Gasteiger partial charge in [-0.1, -0.05) is 18.2 Å². The number of hydrogen-bond acceptors (Lipinski definition) is 5. The summed E-state index contributed by atoms with van der Waals surface area (Å²) in [5.41, 5.74) is 1.82. The van der Waals surface area contributed by atoms with Gasteiger partial charge in [0.1, 0.15) is 0 Å². The van der Waals surface area contributed by atoms with Gasteiger partial charge < -0.3 is 15.2 Å². The molecular weight excluding hydrogens is 272 g/mol. The van der Waals surface area contributed by atoms with E-state index in [2.05, 4.69) is 5.32 Å². The van der Waals surface area contributed by atoms with Crippen LogP contribution >= 0.6 is 0 Å². The maximum absolute atomic E-state index is 10.7. The summed E-state index contributed by atoms with van der Waals surface area (Å²) in [6, 6.07) is 11.7. The van der Waals surface area contributed by atoms with E-state index in [0.29, 0.717) is 18.8 Å². The van der Waals surface area contributed by atoms with E-state index in [0.717, 1.165) is 11.1 Å². The van der Waals surface area contributed by atoms with Gasteiger partial charge in [0.05, 0.1) is 12.0 Å². The van der Waals surface area contributed by atoms with Gasteiger partial charge in [-0.3, -0.25) is 10.1 Å². The number of phenols is 1. The third-order valence-electron chi connectivity index (χ3n) is 3.02. The molecule has 0 bridgehead atoms. The van der Waals surface area contributed by atoms with Crippen LogP contribution in [-0.4, -0.2) is 17.1 Å². The summed E-state index contributed by atoms with van der Waals surface area (Å²) in [4.78, 5) is 10.3. The number of methoxy groups -OCH3 is 1. The number of nitrogens with zero attached hydrogens (tertiary/aromatic N) is 1. The summed E-state index contributed by atoms with van der Waals surface area (Å²) < 4.78 is 4.98. The van der Waals surface area contributed by atoms with Gasteiger partial charge in [-0.15, -0.1) is 0 Å². The fourth-order valence-electron chi connectivity index (χ4n) is 1.98. The van der Waals surface area contributed by atoms with Gasteiger partial charge in [0.15, 0.2) is 11.5 Å². The summed E-state index contributed by atoms with van der Waals surface area (Å²) in [6.45, 7) is 1.05. The Kier molecular flexibility index (Phi) is 4.73. The Morgan fingerprint density at radius 2 is 1.90 bits per heavy atom. The molecule has 0 saturated heterocycles. The first-order chi connectivity index (χ1) is 10.1. The number of benzene rings is 2. The van der Waals surface area contributed by atoms with Crippen LogP contribution in [-0.2, 0) is 13.1 Å². The van der Waals surface area contributed by atoms with Gasteiger partial charge in [-0.05, 0) is 23.3 Å². The van der Waals surface area contributed by atoms with E-state index in [1.54, 1.807) is 24.3 Å². The van der Waals surface area contributed by atoms with Gasteiger partial charge in [-0.2, -0.15) is 0 Å². The lowest BCUT2D eigenvalue weighted by atomic mass is 10.1. The molecule has 6 nitrogen and oxygen atoms in total. The molecule has 2 N–H and O–H groups in total. The van der Waals surface area contributed by atoms with Crippen molar-refractivity contribution in [3.05, 3.63) is 63.7 Å². The van der Waals surface area contributed by atoms with E-state index in [1.807, 2.05) is 12.1 Å². The molecule has 0 aromatic heterocycles. The minimum atomic E-state index is -0.412. The quantitative estimate of drug-likeness (QED) is 0.630. The first-order valence-corrected chi connectivity index (χ1v) is 6.40. The molecule has 2 aromatic rings. The van der Waals surface area contributed by atoms with Crippen molar-refractivity contribution in [3.63, 3.8) is 0 Å². The van der Waals surface area contributed by atoms with Crippen molar-refractivity contribution in [2.45, 2.75) is 13.1 Å². The highest BCUT2D eigenvalue weighted by Crippen LogP contribution is 2.26. The lowest BCUT2D eigenvalue weighted by molar-refractivity contribution is -0.384. The molecule has 0 unspecified atom stereocenters. The van der Waals surface area contributed by atoms with Crippen LogP contribution in [0.3, 0.4) is 0 Å². The molecule has 2 rings (SSSR count). The van der Waals surface area contributed by atoms with Crippen LogP contribution in [0, 0.1) is 10.1 Å². The summed E-state index contributed by atoms with van der Waals surface area (Å²) in [5.74, 6) is 0.518. The Morgan fingerprint density at radius 3 is 2.52 bits per heavy atom. The normalized spacial score (nSPS) is 10.3. The molecule has 0 atom stereocenters. The molecule has 0 fully saturated rings. The maximum Gasteiger partial charge on any atom is 0.269 e. The number of ether oxygens (including phenoxy) is 1. The first-order valence-electron chi connectivity index (χ1n) is 6.40. The topological polar surface area (TPSA) is 84.6 Å². The lowest BCUT2D eigenvalue weighted by Crippen LogP contribution is -2.12. The minimum absolute atomic E-state index is 0.0800. The third-order valence-corrected chi connectivity index (χ3v) is 3.02. The second kappa shape index (κ2) is 6.71. The summed E-state index contributed by atoms with van der Waals surface area (Å²) in [7, 11) is 1.50. The Morgan fingerprint density at radius 1 is 1.19 bits per heavy atom. The SMILES string of the molecule is COc1ccc(CNCc2cccc([N+](=O)[O-])c2)cc1O. The van der Waals surface area contributed by atoms with E-state index in [1.165, 1.54) is 13.2 Å². The van der Waals surface area contributed by atoms with Crippen LogP contribution in [0.15, 0.2) is 42.5 Å². The molecule has 0 amide bonds. The van der Waals surface area contributed by atoms with E-state index < -0.39 is 4.92 Å². The summed E-state index contributed by atoms with van der Waals surface area (Å²) in [5, 5.41) is 23.5. The Bertz CT molecular complexity index is 643. The van der Waals surface area contributed by atoms with Gasteiger partial charge in [0, 0.05) is 25.2 Å². The van der Waals surface area contributed by atoms with E-state index in [9.17, 15) is 15.2 Å². The number of aromatic hydroxyl groups is 1. The standard InChI is InChI=1S/C15H16N2O4/c1-21-15-6-5-12(8-14(15)18)10-16-9-11-3-2-4-13(7-11)17(19)20/h2-8,16,18H,9-10H2,1H3. The lowest BCUT2D eigenvalue weighted by Gasteiger charge is -2.08. The van der Waals surface area contributed by atoms with Crippen molar-refractivity contribution in [2.24, 2.45) is 0 Å². The third kappa shape index (κ3) is 3.93. The monoisotopic (exact) mass is 288 g/mol. The Labute approximate surface area is 122 Å². The molecule has 110 valence electrons. The number of rotatable bonds is 6. The molecule has 0 saturated carbocycles. The molecule has 2 aromatic carbocycles. The Hall–Kier alpha value is -2.60. The highest BCUT2D eigenvalue weighted by Gasteiger charge is 2.06. The number of hydrogen-bond donors (Lipinski definition) is 2. The highest BCUT2D eigenvalue weighted by atomic mass is 16.6. The average Bonchev–Trinajstić information content (AvgIpc) is 2.48. The predicted octanol–water partition coefficient (Wildman–Crippen LogP) is 2.60. The van der Waals surface area contributed by atoms with Crippen LogP contribution in [0.2, 0.25) is 0 Å². The molecule has 21 heavy (non-hydrogen) atoms. The number of non-ortho nitro benzene ring substituents is 1. The molecule has 0 heterocycles. The van der Waals surface area contributed by atoms with Crippen molar-refractivity contribution in [3.8, 4) is 11.5 Å². The number of nitro benzene ring substituents is 1. The van der Waals surface area contributed by atoms with Crippen molar-refractivity contribution in [1.82, 2.24) is 5.32 Å². The summed E-state index contributed by atoms with van der Waals surface area (Å²) in [6.07, 6.45) is 0. The molecule has 0 spiro atoms. The second-order valence-electron chi connectivity index (χ2n) is 4.54. The van der Waals surface area contributed by atoms with Crippen molar-refractivity contribution < 1.29 is 14.8 Å². The van der Waals surface area contributed by atoms with Gasteiger partial charge in [0.25, 0.3) is 5.69 Å². The molecule has 0 radical (unpaired) electrons. The number of phenolic OH excluding ortho intramolecular Hbond substituents is 1. The molecule has 0 aliphatic heterocycles. The van der Waals surface area contributed by atoms with Crippen molar-refractivity contribution >= 4 is 5.69 Å². The molecule has 0 aliphatic rings. The van der Waals surface area contributed by atoms with E-state index >= 15 is 0 Å². The van der Waals surface area contributed by atoms with E-state index in [-0.39, 0.29) is 11.4 Å². The first kappa shape index (κ1) is 14.8. The number of nitrogens with one attached hydrogen (secondary N) is 1. The van der Waals surface area contributed by atoms with Crippen LogP contribution < -0.4 is 10.1 Å². The van der Waals surface area contributed by atoms with Gasteiger partial charge >= 0.3 is 0 Å². The second-order valence-corrected chi connectivity index (χ2v) is 4.54. The van der Waals surface area contributed by atoms with Gasteiger partial charge in [-0.25, -0.2) is 0 Å². The zero-order valence-corrected chi connectivity index (χ0v) is 11.6. The molecule has 6 heteroatoms. The van der Waals surface area contributed by atoms with Gasteiger partial charge in [0.2, 0.25) is 0 Å². The van der Waals surface area contributed by atoms with Crippen molar-refractivity contribution in [1.29, 1.82) is 0 Å². The number of nitro groups is 1. The fourth-order valence-corrected chi connectivity index (χ4v) is 1.98. The van der Waals surface area contributed by atoms with E-state index in [4.69, 9.17) is 4.74 Å². The Balaban J connectivity index is 1.93. The summed E-state index contributed by atoms with van der Waals surface area (Å²) >= 11 is 0. The van der Waals surface area contributed by atoms with Crippen LogP contribution in [0.5, 0.6) is 11.5 Å². The fraction of sp³-hybridized carbons (Fsp3) is 0.200. The van der Waals surface area contributed by atoms with Crippen molar-refractivity contribution in [2.75, 3.05) is 7.11 Å². The zero-order chi connectivity index (χ0) is 15.2. The van der Waals surface area contributed by atoms with Crippen LogP contribution in [0.1, 0.15) is 11.1 Å². The zero-order valence-electron chi connectivity index (χ0n) is 11.6. The molecule has 0 aliphatic carbocycles. The molecular formula is C15H16N2O4. The smallest absolute Gasteiger partial charge is 0.269 e. The largest absolute Gasteiger partial charge is 0.504 e. The minimum Gasteiger partial charge on any atom is -0.504 e. The highest BCUT2D eigenvalue weighted by molar-refractivity contribution is 5.41. The van der Waals surface area contributed by atoms with Crippen LogP contribution in [0.25, 0.3) is 0 Å². The van der Waals surface area contributed by atoms with Crippen LogP contribution in [0.4, 0.5) is 5.69 Å². The average molecular weight is 288 g/mol. The predicted molar refractivity (Wildman–Crippen MR) is 78.3 cm³/mol.